The number of amides is 1. The average Bonchev–Trinajstić information content (AvgIpc) is 1.84. The third-order valence-corrected chi connectivity index (χ3v) is 1.81. The number of carbonyl (C=O) groups is 1. The van der Waals surface area contributed by atoms with Crippen molar-refractivity contribution < 1.29 is 9.63 Å². The Kier molecular flexibility index (Phi) is 3.36. The molecule has 64 valence electrons. The van der Waals surface area contributed by atoms with Crippen molar-refractivity contribution in [3.05, 3.63) is 0 Å². The van der Waals surface area contributed by atoms with Crippen LogP contribution < -0.4 is 0 Å². The molecule has 3 heteroatoms. The van der Waals surface area contributed by atoms with Gasteiger partial charge in [0.25, 0.3) is 0 Å². The van der Waals surface area contributed by atoms with Gasteiger partial charge in [0.2, 0.25) is 5.91 Å². The number of hydrogen-bond acceptors (Lipinski definition) is 2. The Morgan fingerprint density at radius 2 is 2.27 bits per heavy atom. The van der Waals surface area contributed by atoms with Crippen LogP contribution in [0.2, 0.25) is 0 Å². The second kappa shape index (κ2) is 4.34. The number of nitrogens with zero attached hydrogens (tertiary/aromatic N) is 1. The fourth-order valence-electron chi connectivity index (χ4n) is 1.03. The van der Waals surface area contributed by atoms with Crippen LogP contribution in [0.25, 0.3) is 0 Å². The Balaban J connectivity index is 2.01. The summed E-state index contributed by atoms with van der Waals surface area (Å²) in [5.74, 6) is 0.143. The minimum Gasteiger partial charge on any atom is -0.273 e. The molecule has 1 aliphatic heterocycles. The molecule has 1 amide bonds. The first-order valence-corrected chi connectivity index (χ1v) is 4.28. The smallest absolute Gasteiger partial charge is 0.246 e. The molecule has 0 atom stereocenters. The molecule has 3 nitrogen and oxygen atoms in total. The molecule has 0 bridgehead atoms. The summed E-state index contributed by atoms with van der Waals surface area (Å²) in [6.07, 6.45) is 3.94. The summed E-state index contributed by atoms with van der Waals surface area (Å²) in [6.45, 7) is 3.62. The monoisotopic (exact) mass is 157 g/mol. The lowest BCUT2D eigenvalue weighted by molar-refractivity contribution is -0.239. The van der Waals surface area contributed by atoms with Crippen LogP contribution in [0.5, 0.6) is 0 Å². The molecule has 1 saturated heterocycles. The fraction of sp³-hybridized carbons (Fsp3) is 0.875. The predicted molar refractivity (Wildman–Crippen MR) is 41.8 cm³/mol. The van der Waals surface area contributed by atoms with E-state index in [1.165, 1.54) is 5.06 Å². The molecular formula is C8H15NO2. The average molecular weight is 157 g/mol. The van der Waals surface area contributed by atoms with E-state index in [9.17, 15) is 4.79 Å². The molecule has 0 N–H and O–H groups in total. The van der Waals surface area contributed by atoms with Crippen LogP contribution in [0.15, 0.2) is 0 Å². The standard InChI is InChI=1S/C8H15NO2/c1-2-3-4-5-8(10)9-6-7-11-9/h2-7H2,1H3. The largest absolute Gasteiger partial charge is 0.273 e. The van der Waals surface area contributed by atoms with Gasteiger partial charge in [-0.1, -0.05) is 19.8 Å². The van der Waals surface area contributed by atoms with Crippen molar-refractivity contribution in [2.24, 2.45) is 0 Å². The summed E-state index contributed by atoms with van der Waals surface area (Å²) in [6, 6.07) is 0. The van der Waals surface area contributed by atoms with Gasteiger partial charge in [-0.3, -0.25) is 9.63 Å². The van der Waals surface area contributed by atoms with E-state index < -0.39 is 0 Å². The molecule has 1 fully saturated rings. The lowest BCUT2D eigenvalue weighted by Crippen LogP contribution is -2.43. The number of unbranched alkanes of at least 4 members (excludes halogenated alkanes) is 2. The molecule has 1 aliphatic rings. The molecule has 11 heavy (non-hydrogen) atoms. The molecule has 1 heterocycles. The first-order chi connectivity index (χ1) is 5.34. The lowest BCUT2D eigenvalue weighted by atomic mass is 10.2. The van der Waals surface area contributed by atoms with E-state index in [1.54, 1.807) is 0 Å². The molecule has 0 saturated carbocycles. The topological polar surface area (TPSA) is 29.5 Å². The molecule has 0 unspecified atom stereocenters. The van der Waals surface area contributed by atoms with Crippen LogP contribution in [0, 0.1) is 0 Å². The zero-order chi connectivity index (χ0) is 8.10. The molecule has 0 aromatic heterocycles. The minimum atomic E-state index is 0.143. The Bertz CT molecular complexity index is 132. The normalized spacial score (nSPS) is 16.3. The van der Waals surface area contributed by atoms with Crippen molar-refractivity contribution in [1.29, 1.82) is 0 Å². The van der Waals surface area contributed by atoms with Gasteiger partial charge in [-0.05, 0) is 6.42 Å². The highest BCUT2D eigenvalue weighted by molar-refractivity contribution is 5.75. The van der Waals surface area contributed by atoms with E-state index in [0.717, 1.165) is 25.8 Å². The Morgan fingerprint density at radius 3 is 2.73 bits per heavy atom. The van der Waals surface area contributed by atoms with Crippen molar-refractivity contribution in [1.82, 2.24) is 5.06 Å². The Morgan fingerprint density at radius 1 is 1.55 bits per heavy atom. The maximum absolute atomic E-state index is 11.1. The molecule has 0 aromatic carbocycles. The third kappa shape index (κ3) is 2.50. The second-order valence-corrected chi connectivity index (χ2v) is 2.79. The number of hydroxylamine groups is 2. The highest BCUT2D eigenvalue weighted by atomic mass is 16.7. The van der Waals surface area contributed by atoms with Gasteiger partial charge in [0.05, 0.1) is 13.2 Å². The molecule has 0 radical (unpaired) electrons. The second-order valence-electron chi connectivity index (χ2n) is 2.79. The summed E-state index contributed by atoms with van der Waals surface area (Å²) in [5.41, 5.74) is 0. The van der Waals surface area contributed by atoms with Crippen molar-refractivity contribution in [3.8, 4) is 0 Å². The van der Waals surface area contributed by atoms with Crippen molar-refractivity contribution in [3.63, 3.8) is 0 Å². The Hall–Kier alpha value is -0.570. The van der Waals surface area contributed by atoms with Gasteiger partial charge in [-0.2, -0.15) is 0 Å². The van der Waals surface area contributed by atoms with Gasteiger partial charge in [0, 0.05) is 6.42 Å². The van der Waals surface area contributed by atoms with Crippen LogP contribution in [0.4, 0.5) is 0 Å². The van der Waals surface area contributed by atoms with Crippen LogP contribution in [0.1, 0.15) is 32.6 Å². The van der Waals surface area contributed by atoms with Crippen LogP contribution in [0.3, 0.4) is 0 Å². The van der Waals surface area contributed by atoms with Crippen molar-refractivity contribution in [2.45, 2.75) is 32.6 Å². The fourth-order valence-corrected chi connectivity index (χ4v) is 1.03. The van der Waals surface area contributed by atoms with E-state index in [0.29, 0.717) is 13.0 Å². The quantitative estimate of drug-likeness (QED) is 0.576. The zero-order valence-electron chi connectivity index (χ0n) is 7.01. The van der Waals surface area contributed by atoms with Crippen LogP contribution in [-0.2, 0) is 9.63 Å². The van der Waals surface area contributed by atoms with E-state index in [-0.39, 0.29) is 5.91 Å². The van der Waals surface area contributed by atoms with E-state index in [4.69, 9.17) is 4.84 Å². The SMILES string of the molecule is CCCCCC(=O)N1CCO1. The van der Waals surface area contributed by atoms with Crippen molar-refractivity contribution >= 4 is 5.91 Å². The first-order valence-electron chi connectivity index (χ1n) is 4.28. The molecule has 0 aromatic rings. The third-order valence-electron chi connectivity index (χ3n) is 1.81. The highest BCUT2D eigenvalue weighted by Crippen LogP contribution is 2.08. The van der Waals surface area contributed by atoms with Crippen LogP contribution >= 0.6 is 0 Å². The molecule has 0 spiro atoms. The molecular weight excluding hydrogens is 142 g/mol. The van der Waals surface area contributed by atoms with Gasteiger partial charge >= 0.3 is 0 Å². The summed E-state index contributed by atoms with van der Waals surface area (Å²) < 4.78 is 0. The number of hydrogen-bond donors (Lipinski definition) is 0. The molecule has 1 rings (SSSR count). The van der Waals surface area contributed by atoms with Gasteiger partial charge in [0.15, 0.2) is 0 Å². The van der Waals surface area contributed by atoms with E-state index in [2.05, 4.69) is 6.92 Å². The number of rotatable bonds is 4. The maximum Gasteiger partial charge on any atom is 0.246 e. The summed E-state index contributed by atoms with van der Waals surface area (Å²) in [4.78, 5) is 16.0. The van der Waals surface area contributed by atoms with Crippen molar-refractivity contribution in [2.75, 3.05) is 13.2 Å². The highest BCUT2D eigenvalue weighted by Gasteiger charge is 2.20. The van der Waals surface area contributed by atoms with E-state index in [1.807, 2.05) is 0 Å². The summed E-state index contributed by atoms with van der Waals surface area (Å²) >= 11 is 0. The first kappa shape index (κ1) is 8.53. The Labute approximate surface area is 67.3 Å². The van der Waals surface area contributed by atoms with Gasteiger partial charge < -0.3 is 0 Å². The maximum atomic E-state index is 11.1. The summed E-state index contributed by atoms with van der Waals surface area (Å²) in [7, 11) is 0. The van der Waals surface area contributed by atoms with Crippen LogP contribution in [-0.4, -0.2) is 24.1 Å². The van der Waals surface area contributed by atoms with Gasteiger partial charge in [-0.15, -0.1) is 0 Å². The molecule has 0 aliphatic carbocycles. The lowest BCUT2D eigenvalue weighted by Gasteiger charge is -2.29. The minimum absolute atomic E-state index is 0.143. The predicted octanol–water partition coefficient (Wildman–Crippen LogP) is 1.34. The zero-order valence-corrected chi connectivity index (χ0v) is 7.01. The van der Waals surface area contributed by atoms with Gasteiger partial charge in [-0.25, -0.2) is 5.06 Å². The summed E-state index contributed by atoms with van der Waals surface area (Å²) in [5, 5.41) is 1.45. The van der Waals surface area contributed by atoms with E-state index >= 15 is 0 Å². The number of carbonyl (C=O) groups excluding carboxylic acids is 1. The van der Waals surface area contributed by atoms with Gasteiger partial charge in [0.1, 0.15) is 0 Å².